The fourth-order valence-corrected chi connectivity index (χ4v) is 4.21. The van der Waals surface area contributed by atoms with Crippen LogP contribution in [0.3, 0.4) is 0 Å². The van der Waals surface area contributed by atoms with Gasteiger partial charge in [-0.25, -0.2) is 0 Å². The van der Waals surface area contributed by atoms with E-state index in [4.69, 9.17) is 18.9 Å². The van der Waals surface area contributed by atoms with Crippen LogP contribution < -0.4 is 14.2 Å². The summed E-state index contributed by atoms with van der Waals surface area (Å²) in [5.74, 6) is 0.236. The van der Waals surface area contributed by atoms with Gasteiger partial charge in [0, 0.05) is 23.6 Å². The van der Waals surface area contributed by atoms with Crippen LogP contribution in [0.2, 0.25) is 0 Å². The van der Waals surface area contributed by atoms with Gasteiger partial charge in [0.05, 0.1) is 19.8 Å². The zero-order chi connectivity index (χ0) is 24.7. The molecule has 0 aliphatic carbocycles. The Balaban J connectivity index is 1.67. The van der Waals surface area contributed by atoms with E-state index in [0.29, 0.717) is 11.1 Å². The van der Waals surface area contributed by atoms with Crippen LogP contribution in [0.25, 0.3) is 0 Å². The molecule has 11 heteroatoms. The molecule has 1 fully saturated rings. The number of ether oxygens (including phenoxy) is 4. The molecule has 1 saturated heterocycles. The number of phenols is 2. The van der Waals surface area contributed by atoms with E-state index in [-0.39, 0.29) is 40.7 Å². The summed E-state index contributed by atoms with van der Waals surface area (Å²) >= 11 is 0. The lowest BCUT2D eigenvalue weighted by Gasteiger charge is -2.40. The fourth-order valence-electron chi connectivity index (χ4n) is 4.21. The third-order valence-electron chi connectivity index (χ3n) is 6.20. The molecule has 7 atom stereocenters. The maximum absolute atomic E-state index is 10.9. The Morgan fingerprint density at radius 1 is 1.00 bits per heavy atom. The molecule has 186 valence electrons. The first-order valence-electron chi connectivity index (χ1n) is 10.7. The van der Waals surface area contributed by atoms with Crippen LogP contribution in [0, 0.1) is 6.92 Å². The van der Waals surface area contributed by atoms with Crippen molar-refractivity contribution >= 4 is 0 Å². The first kappa shape index (κ1) is 24.3. The smallest absolute Gasteiger partial charge is 0.229 e. The first-order valence-corrected chi connectivity index (χ1v) is 10.7. The number of hydrogen-bond donors (Lipinski definition) is 7. The molecule has 0 spiro atoms. The monoisotopic (exact) mass is 480 g/mol. The molecule has 2 aromatic carbocycles. The maximum atomic E-state index is 10.9. The van der Waals surface area contributed by atoms with Gasteiger partial charge in [-0.15, -0.1) is 0 Å². The van der Waals surface area contributed by atoms with Gasteiger partial charge in [0.25, 0.3) is 0 Å². The highest BCUT2D eigenvalue weighted by Crippen LogP contribution is 2.46. The van der Waals surface area contributed by atoms with E-state index in [0.717, 1.165) is 0 Å². The van der Waals surface area contributed by atoms with Crippen molar-refractivity contribution in [1.82, 2.24) is 0 Å². The standard InChI is InChI=1S/C23H28O11/c1-9-13(26)7-15-11(21(9)34-23-20(30)19(29)18(28)17(8-24)33-23)6-14(27)22(32-15)10-3-4-12(25)16(5-10)31-2/h3-5,7,14,17-20,22-30H,6,8H2,1-2H3. The molecule has 2 aliphatic heterocycles. The van der Waals surface area contributed by atoms with Crippen molar-refractivity contribution in [2.45, 2.75) is 56.3 Å². The van der Waals surface area contributed by atoms with Crippen molar-refractivity contribution in [1.29, 1.82) is 0 Å². The molecule has 0 bridgehead atoms. The van der Waals surface area contributed by atoms with Gasteiger partial charge >= 0.3 is 0 Å². The summed E-state index contributed by atoms with van der Waals surface area (Å²) < 4.78 is 22.3. The lowest BCUT2D eigenvalue weighted by molar-refractivity contribution is -0.277. The van der Waals surface area contributed by atoms with E-state index in [2.05, 4.69) is 0 Å². The van der Waals surface area contributed by atoms with Gasteiger partial charge in [0.15, 0.2) is 11.5 Å². The van der Waals surface area contributed by atoms with Crippen molar-refractivity contribution in [3.63, 3.8) is 0 Å². The number of fused-ring (bicyclic) bond motifs is 1. The largest absolute Gasteiger partial charge is 0.507 e. The lowest BCUT2D eigenvalue weighted by atomic mass is 9.92. The number of phenolic OH excluding ortho intramolecular Hbond substituents is 2. The number of aliphatic hydroxyl groups is 5. The second-order valence-corrected chi connectivity index (χ2v) is 8.38. The minimum atomic E-state index is -1.65. The highest BCUT2D eigenvalue weighted by Gasteiger charge is 2.45. The van der Waals surface area contributed by atoms with E-state index in [9.17, 15) is 35.7 Å². The Hall–Kier alpha value is -2.80. The average molecular weight is 480 g/mol. The summed E-state index contributed by atoms with van der Waals surface area (Å²) in [6.07, 6.45) is -9.35. The van der Waals surface area contributed by atoms with Crippen molar-refractivity contribution in [2.24, 2.45) is 0 Å². The Labute approximate surface area is 195 Å². The predicted molar refractivity (Wildman–Crippen MR) is 115 cm³/mol. The van der Waals surface area contributed by atoms with Crippen LogP contribution in [0.5, 0.6) is 28.7 Å². The maximum Gasteiger partial charge on any atom is 0.229 e. The molecule has 0 aromatic heterocycles. The van der Waals surface area contributed by atoms with Crippen LogP contribution in [0.15, 0.2) is 24.3 Å². The molecule has 7 N–H and O–H groups in total. The highest BCUT2D eigenvalue weighted by atomic mass is 16.7. The van der Waals surface area contributed by atoms with Gasteiger partial charge in [-0.3, -0.25) is 0 Å². The van der Waals surface area contributed by atoms with Crippen molar-refractivity contribution in [3.05, 3.63) is 41.0 Å². The van der Waals surface area contributed by atoms with Crippen molar-refractivity contribution < 1.29 is 54.7 Å². The molecule has 7 unspecified atom stereocenters. The van der Waals surface area contributed by atoms with Crippen molar-refractivity contribution in [3.8, 4) is 28.7 Å². The number of rotatable bonds is 5. The third-order valence-corrected chi connectivity index (χ3v) is 6.20. The molecule has 2 aromatic rings. The molecule has 34 heavy (non-hydrogen) atoms. The van der Waals surface area contributed by atoms with E-state index >= 15 is 0 Å². The summed E-state index contributed by atoms with van der Waals surface area (Å²) in [7, 11) is 1.40. The Morgan fingerprint density at radius 3 is 2.41 bits per heavy atom. The second-order valence-electron chi connectivity index (χ2n) is 8.38. The van der Waals surface area contributed by atoms with Gasteiger partial charge in [-0.2, -0.15) is 0 Å². The summed E-state index contributed by atoms with van der Waals surface area (Å²) in [4.78, 5) is 0. The number of aliphatic hydroxyl groups excluding tert-OH is 5. The summed E-state index contributed by atoms with van der Waals surface area (Å²) in [6.45, 7) is 0.930. The Kier molecular flexibility index (Phi) is 6.76. The predicted octanol–water partition coefficient (Wildman–Crippen LogP) is -0.369. The molecule has 0 amide bonds. The molecule has 0 radical (unpaired) electrons. The molecule has 2 aliphatic rings. The van der Waals surface area contributed by atoms with Gasteiger partial charge < -0.3 is 54.7 Å². The lowest BCUT2D eigenvalue weighted by Crippen LogP contribution is -2.60. The van der Waals surface area contributed by atoms with Crippen LogP contribution in [-0.2, 0) is 11.2 Å². The van der Waals surface area contributed by atoms with Gasteiger partial charge in [-0.1, -0.05) is 6.07 Å². The van der Waals surface area contributed by atoms with E-state index < -0.39 is 49.5 Å². The van der Waals surface area contributed by atoms with E-state index in [1.807, 2.05) is 0 Å². The SMILES string of the molecule is COc1cc(C2Oc3cc(O)c(C)c(OC4OC(CO)C(O)C(O)C4O)c3CC2O)ccc1O. The zero-order valence-electron chi connectivity index (χ0n) is 18.5. The van der Waals surface area contributed by atoms with E-state index in [1.165, 1.54) is 25.3 Å². The average Bonchev–Trinajstić information content (AvgIpc) is 2.82. The van der Waals surface area contributed by atoms with Gasteiger partial charge in [0.2, 0.25) is 6.29 Å². The second kappa shape index (κ2) is 9.45. The number of aromatic hydroxyl groups is 2. The van der Waals surface area contributed by atoms with Gasteiger partial charge in [-0.05, 0) is 24.6 Å². The van der Waals surface area contributed by atoms with Crippen molar-refractivity contribution in [2.75, 3.05) is 13.7 Å². The summed E-state index contributed by atoms with van der Waals surface area (Å²) in [5, 5.41) is 71.0. The quantitative estimate of drug-likeness (QED) is 0.297. The topological polar surface area (TPSA) is 179 Å². The fraction of sp³-hybridized carbons (Fsp3) is 0.478. The normalized spacial score (nSPS) is 30.9. The van der Waals surface area contributed by atoms with Crippen LogP contribution in [0.4, 0.5) is 0 Å². The third kappa shape index (κ3) is 4.22. The first-order chi connectivity index (χ1) is 16.2. The van der Waals surface area contributed by atoms with E-state index in [1.54, 1.807) is 13.0 Å². The molecular formula is C23H28O11. The number of methoxy groups -OCH3 is 1. The molecule has 0 saturated carbocycles. The molecule has 11 nitrogen and oxygen atoms in total. The van der Waals surface area contributed by atoms with Crippen LogP contribution in [0.1, 0.15) is 22.8 Å². The van der Waals surface area contributed by atoms with Crippen LogP contribution in [-0.4, -0.2) is 86.3 Å². The zero-order valence-corrected chi connectivity index (χ0v) is 18.5. The molecule has 2 heterocycles. The highest BCUT2D eigenvalue weighted by molar-refractivity contribution is 5.58. The van der Waals surface area contributed by atoms with Crippen LogP contribution >= 0.6 is 0 Å². The Bertz CT molecular complexity index is 1040. The minimum absolute atomic E-state index is 0.0388. The molecule has 4 rings (SSSR count). The summed E-state index contributed by atoms with van der Waals surface area (Å²) in [5.41, 5.74) is 1.20. The molecular weight excluding hydrogens is 452 g/mol. The number of hydrogen-bond acceptors (Lipinski definition) is 11. The van der Waals surface area contributed by atoms with Gasteiger partial charge in [0.1, 0.15) is 47.8 Å². The Morgan fingerprint density at radius 2 is 1.74 bits per heavy atom. The minimum Gasteiger partial charge on any atom is -0.507 e. The number of benzene rings is 2. The summed E-state index contributed by atoms with van der Waals surface area (Å²) in [6, 6.07) is 5.91.